The van der Waals surface area contributed by atoms with Crippen molar-refractivity contribution in [3.63, 3.8) is 0 Å². The Morgan fingerprint density at radius 3 is 2.68 bits per heavy atom. The molecule has 3 N–H and O–H groups in total. The van der Waals surface area contributed by atoms with Crippen molar-refractivity contribution in [1.82, 2.24) is 9.97 Å². The number of imidazole rings is 1. The first-order valence-electron chi connectivity index (χ1n) is 7.09. The molecule has 1 heterocycles. The summed E-state index contributed by atoms with van der Waals surface area (Å²) in [6.45, 7) is 9.62. The predicted octanol–water partition coefficient (Wildman–Crippen LogP) is 3.39. The molecule has 0 amide bonds. The van der Waals surface area contributed by atoms with Crippen LogP contribution in [-0.2, 0) is 11.8 Å². The summed E-state index contributed by atoms with van der Waals surface area (Å²) in [4.78, 5) is 8.08. The van der Waals surface area contributed by atoms with Gasteiger partial charge in [-0.15, -0.1) is 0 Å². The van der Waals surface area contributed by atoms with Gasteiger partial charge in [-0.25, -0.2) is 4.98 Å². The molecular weight excluding hydrogens is 234 g/mol. The normalized spacial score (nSPS) is 13.9. The molecule has 19 heavy (non-hydrogen) atoms. The van der Waals surface area contributed by atoms with E-state index in [4.69, 9.17) is 5.73 Å². The number of nitrogens with two attached hydrogens (primary N) is 1. The summed E-state index contributed by atoms with van der Waals surface area (Å²) >= 11 is 0. The Hall–Kier alpha value is -1.35. The molecule has 1 aromatic carbocycles. The van der Waals surface area contributed by atoms with E-state index >= 15 is 0 Å². The maximum Gasteiger partial charge on any atom is 0.107 e. The highest BCUT2D eigenvalue weighted by Gasteiger charge is 2.15. The highest BCUT2D eigenvalue weighted by atomic mass is 14.9. The maximum absolute atomic E-state index is 5.65. The van der Waals surface area contributed by atoms with Gasteiger partial charge in [0.15, 0.2) is 0 Å². The van der Waals surface area contributed by atoms with Gasteiger partial charge in [-0.3, -0.25) is 0 Å². The summed E-state index contributed by atoms with van der Waals surface area (Å²) in [5, 5.41) is 0. The van der Waals surface area contributed by atoms with Gasteiger partial charge >= 0.3 is 0 Å². The van der Waals surface area contributed by atoms with Crippen LogP contribution < -0.4 is 5.73 Å². The van der Waals surface area contributed by atoms with E-state index in [0.717, 1.165) is 36.2 Å². The SMILES string of the molecule is C[C@H](CN)CCc1nc2ccc(C(C)(C)C)cc2[nH]1. The summed E-state index contributed by atoms with van der Waals surface area (Å²) in [7, 11) is 0. The van der Waals surface area contributed by atoms with Gasteiger partial charge < -0.3 is 10.7 Å². The number of hydrogen-bond acceptors (Lipinski definition) is 2. The highest BCUT2D eigenvalue weighted by molar-refractivity contribution is 5.76. The van der Waals surface area contributed by atoms with Gasteiger partial charge in [-0.05, 0) is 42.0 Å². The lowest BCUT2D eigenvalue weighted by molar-refractivity contribution is 0.538. The third-order valence-electron chi connectivity index (χ3n) is 3.67. The Labute approximate surface area is 115 Å². The van der Waals surface area contributed by atoms with Crippen molar-refractivity contribution in [2.24, 2.45) is 11.7 Å². The first-order chi connectivity index (χ1) is 8.90. The van der Waals surface area contributed by atoms with Crippen LogP contribution in [0.2, 0.25) is 0 Å². The molecule has 2 aromatic rings. The van der Waals surface area contributed by atoms with E-state index in [1.807, 2.05) is 0 Å². The van der Waals surface area contributed by atoms with Crippen molar-refractivity contribution in [1.29, 1.82) is 0 Å². The third-order valence-corrected chi connectivity index (χ3v) is 3.67. The number of fused-ring (bicyclic) bond motifs is 1. The molecule has 0 bridgehead atoms. The summed E-state index contributed by atoms with van der Waals surface area (Å²) < 4.78 is 0. The van der Waals surface area contributed by atoms with Crippen molar-refractivity contribution in [3.05, 3.63) is 29.6 Å². The Bertz CT molecular complexity index is 549. The zero-order chi connectivity index (χ0) is 14.0. The molecule has 0 unspecified atom stereocenters. The quantitative estimate of drug-likeness (QED) is 0.884. The molecule has 0 fully saturated rings. The van der Waals surface area contributed by atoms with Crippen LogP contribution in [0.4, 0.5) is 0 Å². The molecule has 0 aliphatic carbocycles. The molecule has 1 aromatic heterocycles. The first kappa shape index (κ1) is 14.1. The minimum Gasteiger partial charge on any atom is -0.342 e. The number of aryl methyl sites for hydroxylation is 1. The number of aromatic amines is 1. The monoisotopic (exact) mass is 259 g/mol. The van der Waals surface area contributed by atoms with Crippen LogP contribution >= 0.6 is 0 Å². The Balaban J connectivity index is 2.21. The van der Waals surface area contributed by atoms with Crippen molar-refractivity contribution < 1.29 is 0 Å². The Kier molecular flexibility index (Phi) is 3.95. The number of nitrogens with zero attached hydrogens (tertiary/aromatic N) is 1. The third kappa shape index (κ3) is 3.35. The predicted molar refractivity (Wildman–Crippen MR) is 81.3 cm³/mol. The van der Waals surface area contributed by atoms with Gasteiger partial charge in [0.05, 0.1) is 11.0 Å². The standard InChI is InChI=1S/C16H25N3/c1-11(10-17)5-8-15-18-13-7-6-12(16(2,3)4)9-14(13)19-15/h6-7,9,11H,5,8,10,17H2,1-4H3,(H,18,19)/t11-/m0/s1. The summed E-state index contributed by atoms with van der Waals surface area (Å²) in [6, 6.07) is 6.51. The van der Waals surface area contributed by atoms with E-state index in [9.17, 15) is 0 Å². The van der Waals surface area contributed by atoms with Crippen molar-refractivity contribution in [2.45, 2.75) is 46.0 Å². The van der Waals surface area contributed by atoms with Crippen LogP contribution in [0.15, 0.2) is 18.2 Å². The molecule has 2 rings (SSSR count). The second kappa shape index (κ2) is 5.33. The summed E-state index contributed by atoms with van der Waals surface area (Å²) in [5.74, 6) is 1.62. The molecule has 1 atom stereocenters. The molecule has 0 saturated carbocycles. The van der Waals surface area contributed by atoms with Crippen LogP contribution in [-0.4, -0.2) is 16.5 Å². The van der Waals surface area contributed by atoms with E-state index in [0.29, 0.717) is 5.92 Å². The molecule has 104 valence electrons. The minimum atomic E-state index is 0.174. The second-order valence-electron chi connectivity index (χ2n) is 6.54. The van der Waals surface area contributed by atoms with Gasteiger partial charge in [0.1, 0.15) is 5.82 Å². The maximum atomic E-state index is 5.65. The summed E-state index contributed by atoms with van der Waals surface area (Å²) in [6.07, 6.45) is 2.06. The molecular formula is C16H25N3. The average Bonchev–Trinajstić information content (AvgIpc) is 2.76. The molecule has 0 saturated heterocycles. The van der Waals surface area contributed by atoms with E-state index < -0.39 is 0 Å². The largest absolute Gasteiger partial charge is 0.342 e. The van der Waals surface area contributed by atoms with Crippen LogP contribution in [0.3, 0.4) is 0 Å². The van der Waals surface area contributed by atoms with Gasteiger partial charge in [-0.2, -0.15) is 0 Å². The van der Waals surface area contributed by atoms with E-state index in [-0.39, 0.29) is 5.41 Å². The number of rotatable bonds is 4. The van der Waals surface area contributed by atoms with E-state index in [2.05, 4.69) is 55.9 Å². The second-order valence-corrected chi connectivity index (χ2v) is 6.54. The lowest BCUT2D eigenvalue weighted by Crippen LogP contribution is -2.11. The first-order valence-corrected chi connectivity index (χ1v) is 7.09. The molecule has 0 aliphatic heterocycles. The van der Waals surface area contributed by atoms with Crippen molar-refractivity contribution in [2.75, 3.05) is 6.54 Å². The molecule has 3 nitrogen and oxygen atoms in total. The van der Waals surface area contributed by atoms with E-state index in [1.165, 1.54) is 5.56 Å². The topological polar surface area (TPSA) is 54.7 Å². The van der Waals surface area contributed by atoms with Crippen LogP contribution in [0, 0.1) is 5.92 Å². The number of nitrogens with one attached hydrogen (secondary N) is 1. The molecule has 3 heteroatoms. The zero-order valence-electron chi connectivity index (χ0n) is 12.5. The van der Waals surface area contributed by atoms with Gasteiger partial charge in [0, 0.05) is 6.42 Å². The van der Waals surface area contributed by atoms with Gasteiger partial charge in [0.25, 0.3) is 0 Å². The van der Waals surface area contributed by atoms with Gasteiger partial charge in [-0.1, -0.05) is 33.8 Å². The minimum absolute atomic E-state index is 0.174. The number of benzene rings is 1. The van der Waals surface area contributed by atoms with Crippen LogP contribution in [0.1, 0.15) is 45.5 Å². The smallest absolute Gasteiger partial charge is 0.107 e. The lowest BCUT2D eigenvalue weighted by Gasteiger charge is -2.18. The number of H-pyrrole nitrogens is 1. The van der Waals surface area contributed by atoms with Crippen LogP contribution in [0.25, 0.3) is 11.0 Å². The van der Waals surface area contributed by atoms with Crippen molar-refractivity contribution >= 4 is 11.0 Å². The van der Waals surface area contributed by atoms with Crippen LogP contribution in [0.5, 0.6) is 0 Å². The fourth-order valence-corrected chi connectivity index (χ4v) is 2.15. The molecule has 0 spiro atoms. The molecule has 0 radical (unpaired) electrons. The van der Waals surface area contributed by atoms with E-state index in [1.54, 1.807) is 0 Å². The summed E-state index contributed by atoms with van der Waals surface area (Å²) in [5.41, 5.74) is 9.36. The average molecular weight is 259 g/mol. The fraction of sp³-hybridized carbons (Fsp3) is 0.562. The highest BCUT2D eigenvalue weighted by Crippen LogP contribution is 2.25. The van der Waals surface area contributed by atoms with Gasteiger partial charge in [0.2, 0.25) is 0 Å². The van der Waals surface area contributed by atoms with Crippen molar-refractivity contribution in [3.8, 4) is 0 Å². The number of aromatic nitrogens is 2. The molecule has 0 aliphatic rings. The Morgan fingerprint density at radius 2 is 2.05 bits per heavy atom. The fourth-order valence-electron chi connectivity index (χ4n) is 2.15. The Morgan fingerprint density at radius 1 is 1.32 bits per heavy atom. The lowest BCUT2D eigenvalue weighted by atomic mass is 9.87. The zero-order valence-corrected chi connectivity index (χ0v) is 12.5. The number of hydrogen-bond donors (Lipinski definition) is 2.